The van der Waals surface area contributed by atoms with E-state index in [4.69, 9.17) is 9.47 Å². The average molecular weight is 207 g/mol. The molecule has 0 amide bonds. The van der Waals surface area contributed by atoms with E-state index < -0.39 is 0 Å². The summed E-state index contributed by atoms with van der Waals surface area (Å²) in [6.07, 6.45) is 0. The predicted molar refractivity (Wildman–Crippen MR) is 58.5 cm³/mol. The van der Waals surface area contributed by atoms with Gasteiger partial charge >= 0.3 is 0 Å². The van der Waals surface area contributed by atoms with E-state index >= 15 is 0 Å². The largest absolute Gasteiger partial charge is 0.359 e. The van der Waals surface area contributed by atoms with Gasteiger partial charge < -0.3 is 14.8 Å². The van der Waals surface area contributed by atoms with Crippen molar-refractivity contribution >= 4 is 0 Å². The highest BCUT2D eigenvalue weighted by molar-refractivity contribution is 5.28. The molecule has 15 heavy (non-hydrogen) atoms. The van der Waals surface area contributed by atoms with Gasteiger partial charge in [-0.1, -0.05) is 30.3 Å². The van der Waals surface area contributed by atoms with Crippen LogP contribution in [0.15, 0.2) is 30.3 Å². The fraction of sp³-hybridized carbons (Fsp3) is 0.500. The molecule has 1 N–H and O–H groups in total. The molecule has 1 aliphatic heterocycles. The van der Waals surface area contributed by atoms with Crippen LogP contribution in [0.4, 0.5) is 0 Å². The van der Waals surface area contributed by atoms with E-state index in [2.05, 4.69) is 24.4 Å². The van der Waals surface area contributed by atoms with Gasteiger partial charge in [0.2, 0.25) is 0 Å². The Bertz CT molecular complexity index is 315. The molecule has 82 valence electrons. The lowest BCUT2D eigenvalue weighted by molar-refractivity contribution is -0.178. The summed E-state index contributed by atoms with van der Waals surface area (Å²) in [6.45, 7) is 3.31. The van der Waals surface area contributed by atoms with Gasteiger partial charge in [0.25, 0.3) is 0 Å². The summed E-state index contributed by atoms with van der Waals surface area (Å²) in [4.78, 5) is 0. The lowest BCUT2D eigenvalue weighted by Crippen LogP contribution is -2.65. The molecule has 1 aromatic rings. The van der Waals surface area contributed by atoms with E-state index in [0.717, 1.165) is 6.54 Å². The molecule has 1 saturated heterocycles. The van der Waals surface area contributed by atoms with Crippen LogP contribution in [0.2, 0.25) is 0 Å². The molecule has 0 saturated carbocycles. The topological polar surface area (TPSA) is 30.5 Å². The Morgan fingerprint density at radius 2 is 2.13 bits per heavy atom. The minimum Gasteiger partial charge on any atom is -0.359 e. The summed E-state index contributed by atoms with van der Waals surface area (Å²) >= 11 is 0. The molecular formula is C12H17NO2. The van der Waals surface area contributed by atoms with Crippen molar-refractivity contribution in [2.75, 3.05) is 20.4 Å². The van der Waals surface area contributed by atoms with E-state index in [-0.39, 0.29) is 5.60 Å². The Labute approximate surface area is 90.4 Å². The minimum absolute atomic E-state index is 0.211. The van der Waals surface area contributed by atoms with Gasteiger partial charge in [0.1, 0.15) is 12.4 Å². The molecular weight excluding hydrogens is 190 g/mol. The zero-order valence-corrected chi connectivity index (χ0v) is 9.19. The molecule has 0 unspecified atom stereocenters. The summed E-state index contributed by atoms with van der Waals surface area (Å²) < 4.78 is 10.8. The van der Waals surface area contributed by atoms with E-state index in [1.165, 1.54) is 5.56 Å². The first-order valence-electron chi connectivity index (χ1n) is 5.21. The van der Waals surface area contributed by atoms with Crippen molar-refractivity contribution in [3.8, 4) is 0 Å². The molecule has 0 aromatic heterocycles. The Hall–Kier alpha value is -0.900. The standard InChI is InChI=1S/C12H17NO2/c1-10-12(8-13-10,15-9-14-2)11-6-4-3-5-7-11/h3-7,10,13H,8-9H2,1-2H3/t10-,12+/m1/s1. The normalized spacial score (nSPS) is 29.9. The van der Waals surface area contributed by atoms with Crippen LogP contribution in [0.1, 0.15) is 12.5 Å². The van der Waals surface area contributed by atoms with Gasteiger partial charge in [-0.15, -0.1) is 0 Å². The Morgan fingerprint density at radius 3 is 2.60 bits per heavy atom. The van der Waals surface area contributed by atoms with Crippen molar-refractivity contribution in [1.82, 2.24) is 5.32 Å². The van der Waals surface area contributed by atoms with E-state index in [1.807, 2.05) is 18.2 Å². The third-order valence-corrected chi connectivity index (χ3v) is 3.07. The van der Waals surface area contributed by atoms with Crippen LogP contribution >= 0.6 is 0 Å². The van der Waals surface area contributed by atoms with E-state index in [0.29, 0.717) is 12.8 Å². The zero-order valence-electron chi connectivity index (χ0n) is 9.19. The van der Waals surface area contributed by atoms with Gasteiger partial charge in [0, 0.05) is 19.7 Å². The van der Waals surface area contributed by atoms with E-state index in [1.54, 1.807) is 7.11 Å². The van der Waals surface area contributed by atoms with Crippen LogP contribution < -0.4 is 5.32 Å². The van der Waals surface area contributed by atoms with Crippen LogP contribution in [0, 0.1) is 0 Å². The number of nitrogens with one attached hydrogen (secondary N) is 1. The fourth-order valence-electron chi connectivity index (χ4n) is 1.99. The maximum absolute atomic E-state index is 5.83. The van der Waals surface area contributed by atoms with Crippen molar-refractivity contribution in [2.45, 2.75) is 18.6 Å². The first-order chi connectivity index (χ1) is 7.29. The third kappa shape index (κ3) is 1.78. The van der Waals surface area contributed by atoms with Crippen molar-refractivity contribution in [3.05, 3.63) is 35.9 Å². The molecule has 0 radical (unpaired) electrons. The average Bonchev–Trinajstić information content (AvgIpc) is 2.29. The van der Waals surface area contributed by atoms with Gasteiger partial charge in [-0.05, 0) is 12.5 Å². The SMILES string of the molecule is COCO[C@@]1(c2ccccc2)CN[C@@H]1C. The highest BCUT2D eigenvalue weighted by Gasteiger charge is 2.46. The summed E-state index contributed by atoms with van der Waals surface area (Å²) in [5.74, 6) is 0. The number of benzene rings is 1. The number of rotatable bonds is 4. The predicted octanol–water partition coefficient (Wildman–Crippen LogP) is 1.49. The highest BCUT2D eigenvalue weighted by atomic mass is 16.7. The van der Waals surface area contributed by atoms with Crippen LogP contribution in [-0.2, 0) is 15.1 Å². The highest BCUT2D eigenvalue weighted by Crippen LogP contribution is 2.35. The number of methoxy groups -OCH3 is 1. The van der Waals surface area contributed by atoms with Crippen molar-refractivity contribution in [3.63, 3.8) is 0 Å². The molecule has 0 spiro atoms. The zero-order chi connectivity index (χ0) is 10.7. The van der Waals surface area contributed by atoms with Crippen LogP contribution in [-0.4, -0.2) is 26.5 Å². The first-order valence-corrected chi connectivity index (χ1v) is 5.21. The molecule has 0 bridgehead atoms. The molecule has 2 atom stereocenters. The van der Waals surface area contributed by atoms with Gasteiger partial charge in [-0.2, -0.15) is 0 Å². The number of ether oxygens (including phenoxy) is 2. The number of hydrogen-bond acceptors (Lipinski definition) is 3. The molecule has 3 heteroatoms. The summed E-state index contributed by atoms with van der Waals surface area (Å²) in [7, 11) is 1.65. The quantitative estimate of drug-likeness (QED) is 0.759. The number of hydrogen-bond donors (Lipinski definition) is 1. The second kappa shape index (κ2) is 4.31. The van der Waals surface area contributed by atoms with Crippen LogP contribution in [0.5, 0.6) is 0 Å². The Kier molecular flexibility index (Phi) is 3.05. The molecule has 3 nitrogen and oxygen atoms in total. The second-order valence-electron chi connectivity index (χ2n) is 3.91. The Morgan fingerprint density at radius 1 is 1.40 bits per heavy atom. The minimum atomic E-state index is -0.211. The van der Waals surface area contributed by atoms with Gasteiger partial charge in [0.05, 0.1) is 0 Å². The van der Waals surface area contributed by atoms with Gasteiger partial charge in [0.15, 0.2) is 0 Å². The molecule has 1 aliphatic rings. The molecule has 1 heterocycles. The van der Waals surface area contributed by atoms with Gasteiger partial charge in [-0.3, -0.25) is 0 Å². The van der Waals surface area contributed by atoms with Crippen molar-refractivity contribution < 1.29 is 9.47 Å². The summed E-state index contributed by atoms with van der Waals surface area (Å²) in [6, 6.07) is 10.6. The maximum atomic E-state index is 5.83. The summed E-state index contributed by atoms with van der Waals surface area (Å²) in [5, 5.41) is 3.33. The monoisotopic (exact) mass is 207 g/mol. The smallest absolute Gasteiger partial charge is 0.147 e. The van der Waals surface area contributed by atoms with Crippen molar-refractivity contribution in [1.29, 1.82) is 0 Å². The maximum Gasteiger partial charge on any atom is 0.147 e. The van der Waals surface area contributed by atoms with Crippen LogP contribution in [0.3, 0.4) is 0 Å². The molecule has 1 fully saturated rings. The van der Waals surface area contributed by atoms with E-state index in [9.17, 15) is 0 Å². The first kappa shape index (κ1) is 10.6. The fourth-order valence-corrected chi connectivity index (χ4v) is 1.99. The Balaban J connectivity index is 2.20. The van der Waals surface area contributed by atoms with Gasteiger partial charge in [-0.25, -0.2) is 0 Å². The third-order valence-electron chi connectivity index (χ3n) is 3.07. The molecule has 2 rings (SSSR count). The second-order valence-corrected chi connectivity index (χ2v) is 3.91. The van der Waals surface area contributed by atoms with Crippen molar-refractivity contribution in [2.24, 2.45) is 0 Å². The van der Waals surface area contributed by atoms with Crippen LogP contribution in [0.25, 0.3) is 0 Å². The lowest BCUT2D eigenvalue weighted by Gasteiger charge is -2.48. The molecule has 0 aliphatic carbocycles. The lowest BCUT2D eigenvalue weighted by atomic mass is 9.80. The summed E-state index contributed by atoms with van der Waals surface area (Å²) in [5.41, 5.74) is 1.00. The molecule has 1 aromatic carbocycles.